The highest BCUT2D eigenvalue weighted by Gasteiger charge is 2.42. The van der Waals surface area contributed by atoms with Crippen molar-refractivity contribution in [1.29, 1.82) is 0 Å². The van der Waals surface area contributed by atoms with Crippen LogP contribution in [-0.4, -0.2) is 70.9 Å². The Bertz CT molecular complexity index is 1270. The predicted molar refractivity (Wildman–Crippen MR) is 136 cm³/mol. The van der Waals surface area contributed by atoms with Crippen LogP contribution in [0.4, 0.5) is 17.6 Å². The average molecular weight is 569 g/mol. The fraction of sp³-hybridized carbons (Fsp3) is 0.500. The van der Waals surface area contributed by atoms with Gasteiger partial charge < -0.3 is 14.7 Å². The molecule has 2 aromatic carbocycles. The van der Waals surface area contributed by atoms with Gasteiger partial charge in [0.05, 0.1) is 17.1 Å². The number of ether oxygens (including phenoxy) is 1. The molecule has 2 aromatic rings. The van der Waals surface area contributed by atoms with E-state index in [1.807, 2.05) is 4.90 Å². The number of piperidine rings is 1. The van der Waals surface area contributed by atoms with Crippen LogP contribution in [0, 0.1) is 11.6 Å². The van der Waals surface area contributed by atoms with Gasteiger partial charge in [-0.25, -0.2) is 22.4 Å². The van der Waals surface area contributed by atoms with Gasteiger partial charge >= 0.3 is 5.97 Å². The lowest BCUT2D eigenvalue weighted by Gasteiger charge is -2.36. The maximum atomic E-state index is 15.6. The van der Waals surface area contributed by atoms with Crippen LogP contribution in [0.3, 0.4) is 0 Å². The highest BCUT2D eigenvalue weighted by Crippen LogP contribution is 2.46. The van der Waals surface area contributed by atoms with Gasteiger partial charge in [0, 0.05) is 32.1 Å². The molecule has 11 heteroatoms. The number of nitrogens with zero attached hydrogens (tertiary/aromatic N) is 2. The molecule has 0 unspecified atom stereocenters. The van der Waals surface area contributed by atoms with Crippen LogP contribution in [0.5, 0.6) is 5.75 Å². The second-order valence-corrected chi connectivity index (χ2v) is 11.2. The monoisotopic (exact) mass is 568 g/mol. The molecule has 5 rings (SSSR count). The molecule has 0 spiro atoms. The van der Waals surface area contributed by atoms with Gasteiger partial charge in [0.25, 0.3) is 5.91 Å². The van der Waals surface area contributed by atoms with E-state index in [9.17, 15) is 23.5 Å². The number of halogens is 5. The second-order valence-electron chi connectivity index (χ2n) is 10.8. The lowest BCUT2D eigenvalue weighted by molar-refractivity contribution is -0.141. The highest BCUT2D eigenvalue weighted by atomic mass is 35.5. The summed E-state index contributed by atoms with van der Waals surface area (Å²) in [4.78, 5) is 27.4. The lowest BCUT2D eigenvalue weighted by Crippen LogP contribution is -2.44. The van der Waals surface area contributed by atoms with Gasteiger partial charge in [0.15, 0.2) is 0 Å². The number of hydrogen-bond acceptors (Lipinski definition) is 4. The summed E-state index contributed by atoms with van der Waals surface area (Å²) in [5, 5.41) is 9.40. The van der Waals surface area contributed by atoms with Crippen molar-refractivity contribution < 1.29 is 37.0 Å². The molecule has 1 amide bonds. The Kier molecular flexibility index (Phi) is 7.79. The van der Waals surface area contributed by atoms with E-state index in [2.05, 4.69) is 0 Å². The average Bonchev–Trinajstić information content (AvgIpc) is 3.66. The van der Waals surface area contributed by atoms with Crippen LogP contribution < -0.4 is 4.74 Å². The molecule has 2 aliphatic heterocycles. The normalized spacial score (nSPS) is 23.2. The molecular formula is C28H29ClF4N2O4. The number of amides is 1. The standard InChI is InChI=1S/C28H29ClF4N2O4/c29-21-9-16(1-4-22(21)31)13-34-7-5-28(33,6-8-34)15-39-25-12-23(32)20(11-19(25)17-2-3-17)26(36)35-14-18(30)10-24(35)27(37)38/h1,4,9,11-12,17-18,24H,2-3,5-8,10,13-15H2,(H,37,38)/t18-,24+/m1/s1. The Morgan fingerprint density at radius 3 is 2.46 bits per heavy atom. The minimum Gasteiger partial charge on any atom is -0.490 e. The number of aliphatic carboxylic acids is 1. The Balaban J connectivity index is 1.24. The number of benzene rings is 2. The molecule has 0 bridgehead atoms. The van der Waals surface area contributed by atoms with Gasteiger partial charge in [-0.3, -0.25) is 9.69 Å². The Hall–Kier alpha value is -2.85. The lowest BCUT2D eigenvalue weighted by atomic mass is 9.93. The summed E-state index contributed by atoms with van der Waals surface area (Å²) in [6, 6.07) is 5.54. The van der Waals surface area contributed by atoms with Crippen molar-refractivity contribution >= 4 is 23.5 Å². The Labute approximate surface area is 228 Å². The third kappa shape index (κ3) is 6.17. The van der Waals surface area contributed by atoms with Gasteiger partial charge in [-0.15, -0.1) is 0 Å². The van der Waals surface area contributed by atoms with Crippen molar-refractivity contribution in [2.45, 2.75) is 62.4 Å². The SMILES string of the molecule is O=C(O)[C@@H]1C[C@@H](F)CN1C(=O)c1cc(C2CC2)c(OCC2(F)CCN(Cc3ccc(F)c(Cl)c3)CC2)cc1F. The van der Waals surface area contributed by atoms with E-state index < -0.39 is 47.9 Å². The first-order valence-corrected chi connectivity index (χ1v) is 13.4. The molecule has 1 N–H and O–H groups in total. The highest BCUT2D eigenvalue weighted by molar-refractivity contribution is 6.30. The summed E-state index contributed by atoms with van der Waals surface area (Å²) in [6.07, 6.45) is 0.141. The van der Waals surface area contributed by atoms with Gasteiger partial charge in [-0.05, 0) is 60.9 Å². The molecule has 210 valence electrons. The Morgan fingerprint density at radius 1 is 1.10 bits per heavy atom. The molecule has 6 nitrogen and oxygen atoms in total. The molecule has 2 heterocycles. The molecule has 0 radical (unpaired) electrons. The second kappa shape index (κ2) is 11.0. The van der Waals surface area contributed by atoms with Crippen LogP contribution in [0.2, 0.25) is 5.02 Å². The molecule has 3 fully saturated rings. The van der Waals surface area contributed by atoms with E-state index in [0.29, 0.717) is 25.2 Å². The van der Waals surface area contributed by atoms with E-state index in [4.69, 9.17) is 16.3 Å². The predicted octanol–water partition coefficient (Wildman–Crippen LogP) is 5.52. The van der Waals surface area contributed by atoms with Crippen LogP contribution in [0.15, 0.2) is 30.3 Å². The quantitative estimate of drug-likeness (QED) is 0.425. The van der Waals surface area contributed by atoms with E-state index in [0.717, 1.165) is 29.4 Å². The first kappa shape index (κ1) is 27.7. The minimum atomic E-state index is -1.64. The van der Waals surface area contributed by atoms with Crippen LogP contribution in [-0.2, 0) is 11.3 Å². The summed E-state index contributed by atoms with van der Waals surface area (Å²) in [5.74, 6) is -3.46. The molecule has 39 heavy (non-hydrogen) atoms. The molecule has 2 saturated heterocycles. The number of carbonyl (C=O) groups excluding carboxylic acids is 1. The largest absolute Gasteiger partial charge is 0.490 e. The van der Waals surface area contributed by atoms with E-state index >= 15 is 8.78 Å². The van der Waals surface area contributed by atoms with Crippen molar-refractivity contribution in [1.82, 2.24) is 9.80 Å². The molecule has 0 aromatic heterocycles. The number of carboxylic acids is 1. The number of alkyl halides is 2. The van der Waals surface area contributed by atoms with Crippen LogP contribution in [0.25, 0.3) is 0 Å². The smallest absolute Gasteiger partial charge is 0.326 e. The van der Waals surface area contributed by atoms with Crippen molar-refractivity contribution in [2.24, 2.45) is 0 Å². The number of rotatable bonds is 8. The minimum absolute atomic E-state index is 0.0230. The molecule has 1 aliphatic carbocycles. The number of carbonyl (C=O) groups is 2. The van der Waals surface area contributed by atoms with Crippen molar-refractivity contribution in [3.63, 3.8) is 0 Å². The maximum absolute atomic E-state index is 15.6. The van der Waals surface area contributed by atoms with Crippen LogP contribution in [0.1, 0.15) is 59.5 Å². The zero-order valence-electron chi connectivity index (χ0n) is 21.1. The summed E-state index contributed by atoms with van der Waals surface area (Å²) < 4.78 is 63.9. The third-order valence-electron chi connectivity index (χ3n) is 7.77. The van der Waals surface area contributed by atoms with Gasteiger partial charge in [-0.1, -0.05) is 17.7 Å². The summed E-state index contributed by atoms with van der Waals surface area (Å²) in [7, 11) is 0. The van der Waals surface area contributed by atoms with Crippen molar-refractivity contribution in [3.05, 3.63) is 63.7 Å². The van der Waals surface area contributed by atoms with E-state index in [1.54, 1.807) is 12.1 Å². The topological polar surface area (TPSA) is 70.1 Å². The third-order valence-corrected chi connectivity index (χ3v) is 8.06. The van der Waals surface area contributed by atoms with Crippen molar-refractivity contribution in [3.8, 4) is 5.75 Å². The van der Waals surface area contributed by atoms with E-state index in [1.165, 1.54) is 12.1 Å². The van der Waals surface area contributed by atoms with Crippen molar-refractivity contribution in [2.75, 3.05) is 26.2 Å². The maximum Gasteiger partial charge on any atom is 0.326 e. The number of carboxylic acid groups (broad SMARTS) is 1. The number of likely N-dealkylation sites (tertiary alicyclic amines) is 2. The van der Waals surface area contributed by atoms with Gasteiger partial charge in [-0.2, -0.15) is 0 Å². The van der Waals surface area contributed by atoms with Gasteiger partial charge in [0.1, 0.15) is 41.9 Å². The first-order chi connectivity index (χ1) is 18.5. The molecule has 1 saturated carbocycles. The van der Waals surface area contributed by atoms with Crippen LogP contribution >= 0.6 is 11.6 Å². The molecule has 2 atom stereocenters. The summed E-state index contributed by atoms with van der Waals surface area (Å²) in [5.41, 5.74) is -0.581. The Morgan fingerprint density at radius 2 is 1.82 bits per heavy atom. The zero-order valence-corrected chi connectivity index (χ0v) is 21.9. The zero-order chi connectivity index (χ0) is 27.9. The fourth-order valence-electron chi connectivity index (χ4n) is 5.33. The number of hydrogen-bond donors (Lipinski definition) is 1. The summed E-state index contributed by atoms with van der Waals surface area (Å²) >= 11 is 5.86. The fourth-order valence-corrected chi connectivity index (χ4v) is 5.53. The molecular weight excluding hydrogens is 540 g/mol. The first-order valence-electron chi connectivity index (χ1n) is 13.0. The van der Waals surface area contributed by atoms with E-state index in [-0.39, 0.29) is 48.1 Å². The van der Waals surface area contributed by atoms with Gasteiger partial charge in [0.2, 0.25) is 0 Å². The molecule has 3 aliphatic rings. The summed E-state index contributed by atoms with van der Waals surface area (Å²) in [6.45, 7) is 0.700.